The number of ether oxygens (including phenoxy) is 1. The van der Waals surface area contributed by atoms with E-state index in [0.717, 1.165) is 16.3 Å². The molecule has 0 aliphatic heterocycles. The number of rotatable bonds is 1. The fraction of sp³-hybridized carbons (Fsp3) is 0.455. The van der Waals surface area contributed by atoms with E-state index in [1.807, 2.05) is 18.2 Å². The third kappa shape index (κ3) is 2.38. The largest absolute Gasteiger partial charge is 0.496 e. The van der Waals surface area contributed by atoms with Gasteiger partial charge in [0.1, 0.15) is 5.75 Å². The van der Waals surface area contributed by atoms with Crippen molar-refractivity contribution < 1.29 is 4.74 Å². The van der Waals surface area contributed by atoms with Crippen molar-refractivity contribution in [2.24, 2.45) is 0 Å². The maximum Gasteiger partial charge on any atom is 0.122 e. The van der Waals surface area contributed by atoms with Gasteiger partial charge in [0.25, 0.3) is 0 Å². The zero-order valence-electron chi connectivity index (χ0n) is 8.52. The molecule has 0 fully saturated rings. The lowest BCUT2D eigenvalue weighted by Crippen LogP contribution is -2.12. The maximum absolute atomic E-state index is 5.92. The SMILES string of the molecule is COc1ccc(Cl)cc1C(C)(C)C. The summed E-state index contributed by atoms with van der Waals surface area (Å²) in [6, 6.07) is 5.71. The molecule has 0 saturated carbocycles. The summed E-state index contributed by atoms with van der Waals surface area (Å²) >= 11 is 5.92. The Hall–Kier alpha value is -0.690. The second-order valence-corrected chi connectivity index (χ2v) is 4.53. The lowest BCUT2D eigenvalue weighted by molar-refractivity contribution is 0.397. The van der Waals surface area contributed by atoms with Gasteiger partial charge in [0, 0.05) is 10.6 Å². The molecule has 13 heavy (non-hydrogen) atoms. The van der Waals surface area contributed by atoms with Crippen LogP contribution < -0.4 is 4.74 Å². The summed E-state index contributed by atoms with van der Waals surface area (Å²) < 4.78 is 5.27. The van der Waals surface area contributed by atoms with Gasteiger partial charge in [-0.2, -0.15) is 0 Å². The molecule has 0 bridgehead atoms. The lowest BCUT2D eigenvalue weighted by Gasteiger charge is -2.22. The molecular weight excluding hydrogens is 184 g/mol. The first kappa shape index (κ1) is 10.4. The first-order valence-corrected chi connectivity index (χ1v) is 4.67. The Morgan fingerprint density at radius 2 is 1.85 bits per heavy atom. The van der Waals surface area contributed by atoms with E-state index in [2.05, 4.69) is 20.8 Å². The zero-order valence-corrected chi connectivity index (χ0v) is 9.27. The molecule has 0 aliphatic rings. The van der Waals surface area contributed by atoms with Crippen LogP contribution in [0.4, 0.5) is 0 Å². The van der Waals surface area contributed by atoms with Gasteiger partial charge in [-0.25, -0.2) is 0 Å². The van der Waals surface area contributed by atoms with Gasteiger partial charge in [-0.15, -0.1) is 0 Å². The molecule has 1 nitrogen and oxygen atoms in total. The highest BCUT2D eigenvalue weighted by molar-refractivity contribution is 6.30. The van der Waals surface area contributed by atoms with E-state index in [4.69, 9.17) is 16.3 Å². The maximum atomic E-state index is 5.92. The summed E-state index contributed by atoms with van der Waals surface area (Å²) in [7, 11) is 1.68. The van der Waals surface area contributed by atoms with Gasteiger partial charge in [-0.1, -0.05) is 32.4 Å². The van der Waals surface area contributed by atoms with Gasteiger partial charge >= 0.3 is 0 Å². The molecule has 1 rings (SSSR count). The topological polar surface area (TPSA) is 9.23 Å². The molecule has 0 aliphatic carbocycles. The van der Waals surface area contributed by atoms with Crippen molar-refractivity contribution in [1.82, 2.24) is 0 Å². The Morgan fingerprint density at radius 1 is 1.23 bits per heavy atom. The Kier molecular flexibility index (Phi) is 2.87. The van der Waals surface area contributed by atoms with E-state index < -0.39 is 0 Å². The quantitative estimate of drug-likeness (QED) is 0.670. The first-order chi connectivity index (χ1) is 5.95. The molecule has 0 spiro atoms. The highest BCUT2D eigenvalue weighted by atomic mass is 35.5. The molecule has 72 valence electrons. The van der Waals surface area contributed by atoms with Gasteiger partial charge in [0.2, 0.25) is 0 Å². The molecule has 2 heteroatoms. The third-order valence-corrected chi connectivity index (χ3v) is 2.20. The van der Waals surface area contributed by atoms with Crippen LogP contribution in [-0.4, -0.2) is 7.11 Å². The van der Waals surface area contributed by atoms with Crippen molar-refractivity contribution in [2.45, 2.75) is 26.2 Å². The van der Waals surface area contributed by atoms with Crippen molar-refractivity contribution in [3.8, 4) is 5.75 Å². The Morgan fingerprint density at radius 3 is 2.31 bits per heavy atom. The predicted molar refractivity (Wildman–Crippen MR) is 56.7 cm³/mol. The van der Waals surface area contributed by atoms with Crippen LogP contribution in [0.2, 0.25) is 5.02 Å². The molecule has 0 aromatic heterocycles. The van der Waals surface area contributed by atoms with E-state index in [0.29, 0.717) is 0 Å². The highest BCUT2D eigenvalue weighted by Gasteiger charge is 2.18. The molecule has 0 amide bonds. The predicted octanol–water partition coefficient (Wildman–Crippen LogP) is 3.65. The van der Waals surface area contributed by atoms with Gasteiger partial charge < -0.3 is 4.74 Å². The number of hydrogen-bond acceptors (Lipinski definition) is 1. The van der Waals surface area contributed by atoms with Crippen LogP contribution >= 0.6 is 11.6 Å². The van der Waals surface area contributed by atoms with Crippen molar-refractivity contribution in [2.75, 3.05) is 7.11 Å². The van der Waals surface area contributed by atoms with E-state index in [1.165, 1.54) is 0 Å². The number of hydrogen-bond donors (Lipinski definition) is 0. The molecule has 0 N–H and O–H groups in total. The first-order valence-electron chi connectivity index (χ1n) is 4.29. The number of methoxy groups -OCH3 is 1. The zero-order chi connectivity index (χ0) is 10.1. The molecule has 0 unspecified atom stereocenters. The minimum absolute atomic E-state index is 0.0657. The molecule has 0 radical (unpaired) electrons. The Balaban J connectivity index is 3.24. The molecule has 0 heterocycles. The third-order valence-electron chi connectivity index (χ3n) is 1.97. The minimum atomic E-state index is 0.0657. The van der Waals surface area contributed by atoms with Gasteiger partial charge in [-0.05, 0) is 23.6 Å². The summed E-state index contributed by atoms with van der Waals surface area (Å²) in [5.41, 5.74) is 1.21. The van der Waals surface area contributed by atoms with Crippen LogP contribution in [0.5, 0.6) is 5.75 Å². The second kappa shape index (κ2) is 3.59. The molecule has 0 saturated heterocycles. The monoisotopic (exact) mass is 198 g/mol. The van der Waals surface area contributed by atoms with Gasteiger partial charge in [-0.3, -0.25) is 0 Å². The highest BCUT2D eigenvalue weighted by Crippen LogP contribution is 2.33. The van der Waals surface area contributed by atoms with Crippen molar-refractivity contribution >= 4 is 11.6 Å². The molecule has 1 aromatic rings. The Labute approximate surface area is 84.7 Å². The minimum Gasteiger partial charge on any atom is -0.496 e. The van der Waals surface area contributed by atoms with Gasteiger partial charge in [0.15, 0.2) is 0 Å². The van der Waals surface area contributed by atoms with Crippen LogP contribution in [0.25, 0.3) is 0 Å². The van der Waals surface area contributed by atoms with Crippen LogP contribution in [0.1, 0.15) is 26.3 Å². The fourth-order valence-electron chi connectivity index (χ4n) is 1.27. The normalized spacial score (nSPS) is 11.5. The van der Waals surface area contributed by atoms with E-state index in [9.17, 15) is 0 Å². The smallest absolute Gasteiger partial charge is 0.122 e. The van der Waals surface area contributed by atoms with Gasteiger partial charge in [0.05, 0.1) is 7.11 Å². The summed E-state index contributed by atoms with van der Waals surface area (Å²) in [5.74, 6) is 0.900. The van der Waals surface area contributed by atoms with E-state index >= 15 is 0 Å². The molecular formula is C11H15ClO. The average Bonchev–Trinajstić information content (AvgIpc) is 2.03. The van der Waals surface area contributed by atoms with E-state index in [-0.39, 0.29) is 5.41 Å². The molecule has 1 aromatic carbocycles. The average molecular weight is 199 g/mol. The summed E-state index contributed by atoms with van der Waals surface area (Å²) in [6.07, 6.45) is 0. The number of benzene rings is 1. The number of halogens is 1. The fourth-order valence-corrected chi connectivity index (χ4v) is 1.44. The second-order valence-electron chi connectivity index (χ2n) is 4.09. The van der Waals surface area contributed by atoms with Crippen molar-refractivity contribution in [1.29, 1.82) is 0 Å². The Bertz CT molecular complexity index is 299. The summed E-state index contributed by atoms with van der Waals surface area (Å²) in [5, 5.41) is 0.755. The van der Waals surface area contributed by atoms with Crippen LogP contribution in [0, 0.1) is 0 Å². The molecule has 0 atom stereocenters. The summed E-state index contributed by atoms with van der Waals surface area (Å²) in [4.78, 5) is 0. The van der Waals surface area contributed by atoms with E-state index in [1.54, 1.807) is 7.11 Å². The van der Waals surface area contributed by atoms with Crippen LogP contribution in [0.3, 0.4) is 0 Å². The summed E-state index contributed by atoms with van der Waals surface area (Å²) in [6.45, 7) is 6.42. The van der Waals surface area contributed by atoms with Crippen LogP contribution in [0.15, 0.2) is 18.2 Å². The van der Waals surface area contributed by atoms with Crippen molar-refractivity contribution in [3.05, 3.63) is 28.8 Å². The van der Waals surface area contributed by atoms with Crippen LogP contribution in [-0.2, 0) is 5.41 Å². The lowest BCUT2D eigenvalue weighted by atomic mass is 9.86. The standard InChI is InChI=1S/C11H15ClO/c1-11(2,3)9-7-8(12)5-6-10(9)13-4/h5-7H,1-4H3. The van der Waals surface area contributed by atoms with Crippen molar-refractivity contribution in [3.63, 3.8) is 0 Å².